The van der Waals surface area contributed by atoms with Crippen LogP contribution in [0.15, 0.2) is 60.8 Å². The number of para-hydroxylation sites is 1. The minimum atomic E-state index is -0.525. The number of aromatic hydroxyl groups is 1. The fourth-order valence-electron chi connectivity index (χ4n) is 3.93. The van der Waals surface area contributed by atoms with Crippen molar-refractivity contribution < 1.29 is 14.7 Å². The Hall–Kier alpha value is -3.81. The number of nitrogens with one attached hydrogen (secondary N) is 1. The van der Waals surface area contributed by atoms with Crippen molar-refractivity contribution in [3.63, 3.8) is 0 Å². The van der Waals surface area contributed by atoms with Gasteiger partial charge in [0, 0.05) is 31.7 Å². The zero-order valence-electron chi connectivity index (χ0n) is 17.1. The first-order valence-corrected chi connectivity index (χ1v) is 10.3. The number of likely N-dealkylation sites (tertiary alicyclic amines) is 1. The first kappa shape index (κ1) is 20.5. The molecule has 2 aromatic carbocycles. The summed E-state index contributed by atoms with van der Waals surface area (Å²) in [5.41, 5.74) is 8.30. The molecule has 8 nitrogen and oxygen atoms in total. The fraction of sp³-hybridized carbons (Fsp3) is 0.261. The second-order valence-electron chi connectivity index (χ2n) is 7.69. The van der Waals surface area contributed by atoms with Gasteiger partial charge in [0.2, 0.25) is 0 Å². The van der Waals surface area contributed by atoms with Crippen LogP contribution in [0.5, 0.6) is 5.75 Å². The number of urea groups is 1. The molecule has 4 N–H and O–H groups in total. The van der Waals surface area contributed by atoms with Gasteiger partial charge in [-0.3, -0.25) is 4.79 Å². The number of carbonyl (C=O) groups excluding carboxylic acids is 2. The number of hydrogen-bond acceptors (Lipinski definition) is 4. The summed E-state index contributed by atoms with van der Waals surface area (Å²) in [7, 11) is 0. The molecule has 2 heterocycles. The summed E-state index contributed by atoms with van der Waals surface area (Å²) in [6.45, 7) is 1.41. The van der Waals surface area contributed by atoms with Gasteiger partial charge in [-0.1, -0.05) is 30.3 Å². The summed E-state index contributed by atoms with van der Waals surface area (Å²) >= 11 is 0. The van der Waals surface area contributed by atoms with E-state index in [-0.39, 0.29) is 17.7 Å². The van der Waals surface area contributed by atoms with E-state index in [4.69, 9.17) is 5.73 Å². The smallest absolute Gasteiger partial charge is 0.317 e. The number of carbonyl (C=O) groups is 2. The quantitative estimate of drug-likeness (QED) is 0.590. The molecule has 0 bridgehead atoms. The average molecular weight is 419 g/mol. The molecule has 0 spiro atoms. The normalized spacial score (nSPS) is 16.1. The molecule has 1 unspecified atom stereocenters. The third-order valence-corrected chi connectivity index (χ3v) is 5.48. The summed E-state index contributed by atoms with van der Waals surface area (Å²) in [5.74, 6) is -0.437. The van der Waals surface area contributed by atoms with Gasteiger partial charge in [0.1, 0.15) is 5.75 Å². The number of aromatic nitrogens is 2. The maximum absolute atomic E-state index is 12.7. The van der Waals surface area contributed by atoms with E-state index in [1.54, 1.807) is 34.0 Å². The molecule has 1 atom stereocenters. The van der Waals surface area contributed by atoms with Crippen LogP contribution in [0.2, 0.25) is 0 Å². The van der Waals surface area contributed by atoms with Gasteiger partial charge in [0.25, 0.3) is 5.91 Å². The van der Waals surface area contributed by atoms with Crippen LogP contribution in [0.25, 0.3) is 5.69 Å². The molecule has 3 aromatic rings. The minimum absolute atomic E-state index is 0.0762. The van der Waals surface area contributed by atoms with Crippen LogP contribution in [0, 0.1) is 0 Å². The van der Waals surface area contributed by atoms with E-state index in [9.17, 15) is 14.7 Å². The molecule has 1 aromatic heterocycles. The number of benzene rings is 2. The van der Waals surface area contributed by atoms with Crippen molar-refractivity contribution in [2.75, 3.05) is 13.1 Å². The number of rotatable bonds is 5. The summed E-state index contributed by atoms with van der Waals surface area (Å²) in [6.07, 6.45) is 3.29. The van der Waals surface area contributed by atoms with Crippen molar-refractivity contribution in [2.45, 2.75) is 25.3 Å². The SMILES string of the molecule is NC(=O)c1cn(-c2ccccc2)nc1C1CCCN(C(=O)NCc2cccc(O)c2)C1. The Balaban J connectivity index is 1.48. The van der Waals surface area contributed by atoms with Gasteiger partial charge in [-0.2, -0.15) is 5.10 Å². The maximum Gasteiger partial charge on any atom is 0.317 e. The molecule has 0 aliphatic carbocycles. The monoisotopic (exact) mass is 419 g/mol. The molecule has 8 heteroatoms. The zero-order chi connectivity index (χ0) is 21.8. The van der Waals surface area contributed by atoms with E-state index in [1.807, 2.05) is 36.4 Å². The minimum Gasteiger partial charge on any atom is -0.508 e. The molecule has 1 aliphatic rings. The maximum atomic E-state index is 12.7. The van der Waals surface area contributed by atoms with E-state index >= 15 is 0 Å². The lowest BCUT2D eigenvalue weighted by molar-refractivity contribution is 0.0998. The third kappa shape index (κ3) is 4.69. The number of amides is 3. The predicted octanol–water partition coefficient (Wildman–Crippen LogP) is 2.77. The molecule has 31 heavy (non-hydrogen) atoms. The first-order chi connectivity index (χ1) is 15.0. The lowest BCUT2D eigenvalue weighted by Crippen LogP contribution is -2.45. The Morgan fingerprint density at radius 1 is 1.16 bits per heavy atom. The highest BCUT2D eigenvalue weighted by molar-refractivity contribution is 5.94. The van der Waals surface area contributed by atoms with Gasteiger partial charge >= 0.3 is 6.03 Å². The lowest BCUT2D eigenvalue weighted by atomic mass is 9.92. The molecular formula is C23H25N5O3. The van der Waals surface area contributed by atoms with Crippen LogP contribution in [0.3, 0.4) is 0 Å². The molecule has 1 saturated heterocycles. The molecular weight excluding hydrogens is 394 g/mol. The molecule has 0 saturated carbocycles. The van der Waals surface area contributed by atoms with Crippen LogP contribution in [-0.2, 0) is 6.54 Å². The van der Waals surface area contributed by atoms with Gasteiger partial charge in [-0.25, -0.2) is 9.48 Å². The fourth-order valence-corrected chi connectivity index (χ4v) is 3.93. The second kappa shape index (κ2) is 8.91. The number of phenolic OH excluding ortho intramolecular Hbond substituents is 1. The first-order valence-electron chi connectivity index (χ1n) is 10.3. The number of phenols is 1. The van der Waals surface area contributed by atoms with E-state index in [0.29, 0.717) is 30.9 Å². The second-order valence-corrected chi connectivity index (χ2v) is 7.69. The Morgan fingerprint density at radius 2 is 1.97 bits per heavy atom. The summed E-state index contributed by atoms with van der Waals surface area (Å²) in [4.78, 5) is 26.5. The van der Waals surface area contributed by atoms with Crippen LogP contribution in [0.4, 0.5) is 4.79 Å². The Morgan fingerprint density at radius 3 is 2.71 bits per heavy atom. The summed E-state index contributed by atoms with van der Waals surface area (Å²) in [5, 5.41) is 17.1. The van der Waals surface area contributed by atoms with Crippen LogP contribution in [0.1, 0.15) is 40.4 Å². The summed E-state index contributed by atoms with van der Waals surface area (Å²) in [6, 6.07) is 16.1. The molecule has 160 valence electrons. The van der Waals surface area contributed by atoms with Gasteiger partial charge < -0.3 is 21.1 Å². The van der Waals surface area contributed by atoms with Crippen LogP contribution < -0.4 is 11.1 Å². The van der Waals surface area contributed by atoms with Gasteiger partial charge in [-0.15, -0.1) is 0 Å². The Kier molecular flexibility index (Phi) is 5.88. The molecule has 1 fully saturated rings. The van der Waals surface area contributed by atoms with Crippen LogP contribution in [-0.4, -0.2) is 44.8 Å². The van der Waals surface area contributed by atoms with Crippen molar-refractivity contribution in [1.29, 1.82) is 0 Å². The number of primary amides is 1. The Bertz CT molecular complexity index is 1080. The average Bonchev–Trinajstić information content (AvgIpc) is 3.24. The van der Waals surface area contributed by atoms with E-state index < -0.39 is 5.91 Å². The van der Waals surface area contributed by atoms with Crippen molar-refractivity contribution in [3.8, 4) is 11.4 Å². The van der Waals surface area contributed by atoms with E-state index in [2.05, 4.69) is 10.4 Å². The van der Waals surface area contributed by atoms with Crippen molar-refractivity contribution in [2.24, 2.45) is 5.73 Å². The highest BCUT2D eigenvalue weighted by atomic mass is 16.3. The number of piperidine rings is 1. The van der Waals surface area contributed by atoms with Crippen molar-refractivity contribution in [1.82, 2.24) is 20.0 Å². The zero-order valence-corrected chi connectivity index (χ0v) is 17.1. The van der Waals surface area contributed by atoms with E-state index in [1.165, 1.54) is 0 Å². The highest BCUT2D eigenvalue weighted by Crippen LogP contribution is 2.29. The lowest BCUT2D eigenvalue weighted by Gasteiger charge is -2.32. The number of hydrogen-bond donors (Lipinski definition) is 3. The third-order valence-electron chi connectivity index (χ3n) is 5.48. The highest BCUT2D eigenvalue weighted by Gasteiger charge is 2.29. The number of nitrogens with two attached hydrogens (primary N) is 1. The van der Waals surface area contributed by atoms with E-state index in [0.717, 1.165) is 24.1 Å². The van der Waals surface area contributed by atoms with Gasteiger partial charge in [0.05, 0.1) is 16.9 Å². The molecule has 4 rings (SSSR count). The van der Waals surface area contributed by atoms with Crippen molar-refractivity contribution in [3.05, 3.63) is 77.6 Å². The molecule has 0 radical (unpaired) electrons. The summed E-state index contributed by atoms with van der Waals surface area (Å²) < 4.78 is 1.66. The largest absolute Gasteiger partial charge is 0.508 e. The Labute approximate surface area is 180 Å². The standard InChI is InChI=1S/C23H25N5O3/c24-22(30)20-15-28(18-8-2-1-3-9-18)26-21(20)17-7-5-11-27(14-17)23(31)25-13-16-6-4-10-19(29)12-16/h1-4,6,8-10,12,15,17,29H,5,7,11,13-14H2,(H2,24,30)(H,25,31). The number of nitrogens with zero attached hydrogens (tertiary/aromatic N) is 3. The van der Waals surface area contributed by atoms with Gasteiger partial charge in [0.15, 0.2) is 0 Å². The predicted molar refractivity (Wildman–Crippen MR) is 116 cm³/mol. The van der Waals surface area contributed by atoms with Crippen molar-refractivity contribution >= 4 is 11.9 Å². The van der Waals surface area contributed by atoms with Crippen LogP contribution >= 0.6 is 0 Å². The molecule has 3 amide bonds. The topological polar surface area (TPSA) is 113 Å². The molecule has 1 aliphatic heterocycles. The van der Waals surface area contributed by atoms with Gasteiger partial charge in [-0.05, 0) is 42.7 Å².